The standard InChI is InChI=1S/C14H20N2O4/c1-10(2)15-8-11-7-12(16(17)18)3-4-14(11)20-13-5-6-19-9-13/h3-4,7,10,13,15H,5-6,8-9H2,1-2H3. The predicted molar refractivity (Wildman–Crippen MR) is 74.9 cm³/mol. The van der Waals surface area contributed by atoms with Crippen molar-refractivity contribution in [2.24, 2.45) is 0 Å². The van der Waals surface area contributed by atoms with E-state index >= 15 is 0 Å². The van der Waals surface area contributed by atoms with Crippen molar-refractivity contribution in [2.75, 3.05) is 13.2 Å². The maximum absolute atomic E-state index is 10.9. The number of nitrogens with zero attached hydrogens (tertiary/aromatic N) is 1. The molecule has 0 amide bonds. The Morgan fingerprint density at radius 3 is 2.95 bits per heavy atom. The van der Waals surface area contributed by atoms with E-state index in [1.54, 1.807) is 12.1 Å². The zero-order valence-corrected chi connectivity index (χ0v) is 11.8. The summed E-state index contributed by atoms with van der Waals surface area (Å²) in [4.78, 5) is 10.5. The first-order valence-corrected chi connectivity index (χ1v) is 6.81. The van der Waals surface area contributed by atoms with Crippen LogP contribution in [0.1, 0.15) is 25.8 Å². The monoisotopic (exact) mass is 280 g/mol. The second kappa shape index (κ2) is 6.67. The summed E-state index contributed by atoms with van der Waals surface area (Å²) >= 11 is 0. The molecule has 1 aromatic rings. The van der Waals surface area contributed by atoms with Gasteiger partial charge in [0.1, 0.15) is 11.9 Å². The molecular weight excluding hydrogens is 260 g/mol. The van der Waals surface area contributed by atoms with Crippen LogP contribution in [-0.4, -0.2) is 30.3 Å². The molecule has 20 heavy (non-hydrogen) atoms. The molecule has 1 heterocycles. The van der Waals surface area contributed by atoms with E-state index in [1.807, 2.05) is 13.8 Å². The highest BCUT2D eigenvalue weighted by Crippen LogP contribution is 2.26. The second-order valence-electron chi connectivity index (χ2n) is 5.19. The Kier molecular flexibility index (Phi) is 4.92. The fourth-order valence-corrected chi connectivity index (χ4v) is 2.03. The van der Waals surface area contributed by atoms with E-state index in [1.165, 1.54) is 6.07 Å². The normalized spacial score (nSPS) is 18.4. The maximum atomic E-state index is 10.9. The lowest BCUT2D eigenvalue weighted by molar-refractivity contribution is -0.384. The summed E-state index contributed by atoms with van der Waals surface area (Å²) in [5.74, 6) is 0.694. The maximum Gasteiger partial charge on any atom is 0.270 e. The number of rotatable bonds is 6. The van der Waals surface area contributed by atoms with Gasteiger partial charge in [-0.15, -0.1) is 0 Å². The van der Waals surface area contributed by atoms with E-state index in [2.05, 4.69) is 5.32 Å². The molecule has 1 saturated heterocycles. The fourth-order valence-electron chi connectivity index (χ4n) is 2.03. The first-order valence-electron chi connectivity index (χ1n) is 6.81. The molecule has 1 atom stereocenters. The van der Waals surface area contributed by atoms with Crippen LogP contribution in [0.5, 0.6) is 5.75 Å². The van der Waals surface area contributed by atoms with Gasteiger partial charge in [0.2, 0.25) is 0 Å². The van der Waals surface area contributed by atoms with Gasteiger partial charge >= 0.3 is 0 Å². The number of non-ortho nitro benzene ring substituents is 1. The summed E-state index contributed by atoms with van der Waals surface area (Å²) in [7, 11) is 0. The highest BCUT2D eigenvalue weighted by Gasteiger charge is 2.20. The molecule has 1 N–H and O–H groups in total. The van der Waals surface area contributed by atoms with Crippen LogP contribution in [0.2, 0.25) is 0 Å². The van der Waals surface area contributed by atoms with Gasteiger partial charge in [0.05, 0.1) is 18.1 Å². The number of nitrogens with one attached hydrogen (secondary N) is 1. The Morgan fingerprint density at radius 1 is 1.55 bits per heavy atom. The van der Waals surface area contributed by atoms with Crippen molar-refractivity contribution >= 4 is 5.69 Å². The molecule has 0 aromatic heterocycles. The average Bonchev–Trinajstić information content (AvgIpc) is 2.90. The van der Waals surface area contributed by atoms with Crippen molar-refractivity contribution in [1.29, 1.82) is 0 Å². The van der Waals surface area contributed by atoms with E-state index in [-0.39, 0.29) is 16.7 Å². The van der Waals surface area contributed by atoms with Crippen LogP contribution in [-0.2, 0) is 11.3 Å². The van der Waals surface area contributed by atoms with Crippen molar-refractivity contribution in [2.45, 2.75) is 39.0 Å². The van der Waals surface area contributed by atoms with Crippen LogP contribution in [0, 0.1) is 10.1 Å². The van der Waals surface area contributed by atoms with Crippen molar-refractivity contribution in [3.63, 3.8) is 0 Å². The number of hydrogen-bond acceptors (Lipinski definition) is 5. The molecular formula is C14H20N2O4. The molecule has 1 fully saturated rings. The molecule has 6 heteroatoms. The van der Waals surface area contributed by atoms with Crippen LogP contribution in [0.3, 0.4) is 0 Å². The van der Waals surface area contributed by atoms with Gasteiger partial charge in [-0.1, -0.05) is 13.8 Å². The Morgan fingerprint density at radius 2 is 2.35 bits per heavy atom. The molecule has 1 aromatic carbocycles. The lowest BCUT2D eigenvalue weighted by Crippen LogP contribution is -2.23. The summed E-state index contributed by atoms with van der Waals surface area (Å²) in [6.07, 6.45) is 0.892. The molecule has 1 aliphatic rings. The zero-order chi connectivity index (χ0) is 14.5. The fraction of sp³-hybridized carbons (Fsp3) is 0.571. The molecule has 1 unspecified atom stereocenters. The van der Waals surface area contributed by atoms with Gasteiger partial charge in [-0.2, -0.15) is 0 Å². The van der Waals surface area contributed by atoms with E-state index in [0.29, 0.717) is 31.5 Å². The lowest BCUT2D eigenvalue weighted by atomic mass is 10.1. The SMILES string of the molecule is CC(C)NCc1cc([N+](=O)[O-])ccc1OC1CCOC1. The van der Waals surface area contributed by atoms with Gasteiger partial charge in [0, 0.05) is 36.7 Å². The molecule has 2 rings (SSSR count). The third-order valence-corrected chi connectivity index (χ3v) is 3.14. The minimum Gasteiger partial charge on any atom is -0.488 e. The molecule has 0 bridgehead atoms. The van der Waals surface area contributed by atoms with E-state index in [0.717, 1.165) is 12.0 Å². The largest absolute Gasteiger partial charge is 0.488 e. The Labute approximate surface area is 118 Å². The summed E-state index contributed by atoms with van der Waals surface area (Å²) in [6, 6.07) is 5.02. The minimum absolute atomic E-state index is 0.0363. The van der Waals surface area contributed by atoms with Gasteiger partial charge in [-0.3, -0.25) is 10.1 Å². The number of nitro groups is 1. The van der Waals surface area contributed by atoms with Crippen LogP contribution >= 0.6 is 0 Å². The zero-order valence-electron chi connectivity index (χ0n) is 11.8. The first kappa shape index (κ1) is 14.7. The van der Waals surface area contributed by atoms with Crippen molar-refractivity contribution < 1.29 is 14.4 Å². The highest BCUT2D eigenvalue weighted by molar-refractivity contribution is 5.44. The number of ether oxygens (including phenoxy) is 2. The molecule has 0 radical (unpaired) electrons. The molecule has 0 spiro atoms. The van der Waals surface area contributed by atoms with Gasteiger partial charge in [-0.25, -0.2) is 0 Å². The van der Waals surface area contributed by atoms with Gasteiger partial charge in [0.25, 0.3) is 5.69 Å². The predicted octanol–water partition coefficient (Wildman–Crippen LogP) is 2.26. The van der Waals surface area contributed by atoms with Crippen molar-refractivity contribution in [3.05, 3.63) is 33.9 Å². The van der Waals surface area contributed by atoms with Gasteiger partial charge < -0.3 is 14.8 Å². The van der Waals surface area contributed by atoms with Gasteiger partial charge in [-0.05, 0) is 6.07 Å². The lowest BCUT2D eigenvalue weighted by Gasteiger charge is -2.16. The molecule has 0 aliphatic carbocycles. The first-order chi connectivity index (χ1) is 9.56. The van der Waals surface area contributed by atoms with Crippen molar-refractivity contribution in [1.82, 2.24) is 5.32 Å². The minimum atomic E-state index is -0.388. The third kappa shape index (κ3) is 3.91. The smallest absolute Gasteiger partial charge is 0.270 e. The number of nitro benzene ring substituents is 1. The summed E-state index contributed by atoms with van der Waals surface area (Å²) in [5, 5.41) is 14.1. The Balaban J connectivity index is 2.16. The van der Waals surface area contributed by atoms with E-state index < -0.39 is 0 Å². The Bertz CT molecular complexity index is 470. The van der Waals surface area contributed by atoms with E-state index in [9.17, 15) is 10.1 Å². The van der Waals surface area contributed by atoms with Crippen LogP contribution < -0.4 is 10.1 Å². The Hall–Kier alpha value is -1.66. The van der Waals surface area contributed by atoms with Crippen molar-refractivity contribution in [3.8, 4) is 5.75 Å². The quantitative estimate of drug-likeness (QED) is 0.639. The molecule has 0 saturated carbocycles. The number of hydrogen-bond donors (Lipinski definition) is 1. The summed E-state index contributed by atoms with van der Waals surface area (Å²) in [6.45, 7) is 5.89. The molecule has 6 nitrogen and oxygen atoms in total. The second-order valence-corrected chi connectivity index (χ2v) is 5.19. The molecule has 110 valence electrons. The third-order valence-electron chi connectivity index (χ3n) is 3.14. The van der Waals surface area contributed by atoms with Gasteiger partial charge in [0.15, 0.2) is 0 Å². The van der Waals surface area contributed by atoms with E-state index in [4.69, 9.17) is 9.47 Å². The topological polar surface area (TPSA) is 73.6 Å². The summed E-state index contributed by atoms with van der Waals surface area (Å²) < 4.78 is 11.2. The number of benzene rings is 1. The van der Waals surface area contributed by atoms with Crippen LogP contribution in [0.4, 0.5) is 5.69 Å². The molecule has 1 aliphatic heterocycles. The highest BCUT2D eigenvalue weighted by atomic mass is 16.6. The van der Waals surface area contributed by atoms with Crippen LogP contribution in [0.15, 0.2) is 18.2 Å². The summed E-state index contributed by atoms with van der Waals surface area (Å²) in [5.41, 5.74) is 0.889. The average molecular weight is 280 g/mol. The van der Waals surface area contributed by atoms with Crippen LogP contribution in [0.25, 0.3) is 0 Å².